The Morgan fingerprint density at radius 2 is 1.81 bits per heavy atom. The number of rotatable bonds is 3. The molecule has 0 unspecified atom stereocenters. The molecule has 1 aromatic rings. The first kappa shape index (κ1) is 13.6. The van der Waals surface area contributed by atoms with Crippen LogP contribution in [0.15, 0.2) is 24.3 Å². The monoisotopic (exact) mass is 304 g/mol. The molecule has 0 bridgehead atoms. The van der Waals surface area contributed by atoms with Crippen molar-refractivity contribution in [3.8, 4) is 0 Å². The van der Waals surface area contributed by atoms with Gasteiger partial charge in [-0.15, -0.1) is 0 Å². The van der Waals surface area contributed by atoms with Crippen LogP contribution >= 0.6 is 11.6 Å². The molecule has 3 nitrogen and oxygen atoms in total. The molecule has 2 atom stereocenters. The Morgan fingerprint density at radius 3 is 2.48 bits per heavy atom. The van der Waals surface area contributed by atoms with E-state index in [4.69, 9.17) is 11.6 Å². The van der Waals surface area contributed by atoms with Gasteiger partial charge in [0, 0.05) is 43.2 Å². The highest BCUT2D eigenvalue weighted by molar-refractivity contribution is 6.31. The van der Waals surface area contributed by atoms with Gasteiger partial charge in [-0.3, -0.25) is 9.69 Å². The van der Waals surface area contributed by atoms with Crippen molar-refractivity contribution in [2.45, 2.75) is 31.2 Å². The molecule has 1 saturated heterocycles. The SMILES string of the molecule is O=C([C@H]1C[C@@H]1c1ccccc1Cl)N1CCN(C2CC2)CC1. The number of halogens is 1. The number of amides is 1. The van der Waals surface area contributed by atoms with E-state index in [0.29, 0.717) is 11.8 Å². The van der Waals surface area contributed by atoms with Crippen LogP contribution in [0.4, 0.5) is 0 Å². The minimum Gasteiger partial charge on any atom is -0.340 e. The second-order valence-corrected chi connectivity index (χ2v) is 6.97. The molecule has 21 heavy (non-hydrogen) atoms. The van der Waals surface area contributed by atoms with Gasteiger partial charge in [0.2, 0.25) is 5.91 Å². The van der Waals surface area contributed by atoms with Crippen molar-refractivity contribution in [2.24, 2.45) is 5.92 Å². The Balaban J connectivity index is 1.35. The zero-order valence-electron chi connectivity index (χ0n) is 12.2. The van der Waals surface area contributed by atoms with E-state index in [0.717, 1.165) is 49.2 Å². The molecule has 1 aromatic carbocycles. The van der Waals surface area contributed by atoms with Gasteiger partial charge >= 0.3 is 0 Å². The van der Waals surface area contributed by atoms with Gasteiger partial charge in [-0.1, -0.05) is 29.8 Å². The molecule has 4 heteroatoms. The Bertz CT molecular complexity index is 549. The van der Waals surface area contributed by atoms with E-state index in [-0.39, 0.29) is 5.92 Å². The molecule has 3 fully saturated rings. The number of benzene rings is 1. The quantitative estimate of drug-likeness (QED) is 0.857. The van der Waals surface area contributed by atoms with Gasteiger partial charge in [0.15, 0.2) is 0 Å². The topological polar surface area (TPSA) is 23.6 Å². The molecule has 4 rings (SSSR count). The van der Waals surface area contributed by atoms with Crippen LogP contribution < -0.4 is 0 Å². The lowest BCUT2D eigenvalue weighted by atomic mass is 10.1. The zero-order valence-corrected chi connectivity index (χ0v) is 12.9. The Labute approximate surface area is 130 Å². The van der Waals surface area contributed by atoms with Crippen molar-refractivity contribution >= 4 is 17.5 Å². The van der Waals surface area contributed by atoms with Gasteiger partial charge in [0.1, 0.15) is 0 Å². The van der Waals surface area contributed by atoms with Crippen LogP contribution in [0.3, 0.4) is 0 Å². The largest absolute Gasteiger partial charge is 0.340 e. The second-order valence-electron chi connectivity index (χ2n) is 6.56. The Kier molecular flexibility index (Phi) is 3.43. The van der Waals surface area contributed by atoms with Crippen molar-refractivity contribution in [3.63, 3.8) is 0 Å². The predicted octanol–water partition coefficient (Wildman–Crippen LogP) is 2.75. The number of piperazine rings is 1. The average Bonchev–Trinajstić information content (AvgIpc) is 3.39. The van der Waals surface area contributed by atoms with Crippen LogP contribution in [0.25, 0.3) is 0 Å². The van der Waals surface area contributed by atoms with Crippen molar-refractivity contribution in [2.75, 3.05) is 26.2 Å². The first-order valence-electron chi connectivity index (χ1n) is 8.01. The van der Waals surface area contributed by atoms with E-state index >= 15 is 0 Å². The third kappa shape index (κ3) is 2.69. The molecule has 2 aliphatic carbocycles. The summed E-state index contributed by atoms with van der Waals surface area (Å²) in [6.07, 6.45) is 3.67. The van der Waals surface area contributed by atoms with E-state index in [1.54, 1.807) is 0 Å². The molecule has 1 heterocycles. The lowest BCUT2D eigenvalue weighted by molar-refractivity contribution is -0.134. The lowest BCUT2D eigenvalue weighted by Crippen LogP contribution is -2.49. The number of carbonyl (C=O) groups is 1. The van der Waals surface area contributed by atoms with Crippen LogP contribution in [0.2, 0.25) is 5.02 Å². The number of nitrogens with zero attached hydrogens (tertiary/aromatic N) is 2. The molecule has 0 radical (unpaired) electrons. The third-order valence-electron chi connectivity index (χ3n) is 5.10. The predicted molar refractivity (Wildman–Crippen MR) is 83.5 cm³/mol. The lowest BCUT2D eigenvalue weighted by Gasteiger charge is -2.35. The fourth-order valence-corrected chi connectivity index (χ4v) is 3.84. The average molecular weight is 305 g/mol. The summed E-state index contributed by atoms with van der Waals surface area (Å²) in [5.74, 6) is 0.848. The van der Waals surface area contributed by atoms with Crippen LogP contribution in [-0.2, 0) is 4.79 Å². The summed E-state index contributed by atoms with van der Waals surface area (Å²) in [6.45, 7) is 3.92. The molecule has 1 aliphatic heterocycles. The molecular weight excluding hydrogens is 284 g/mol. The van der Waals surface area contributed by atoms with Crippen molar-refractivity contribution in [1.82, 2.24) is 9.80 Å². The molecule has 0 spiro atoms. The minimum absolute atomic E-state index is 0.164. The van der Waals surface area contributed by atoms with Gasteiger partial charge in [-0.2, -0.15) is 0 Å². The van der Waals surface area contributed by atoms with Crippen LogP contribution in [0.5, 0.6) is 0 Å². The normalized spacial score (nSPS) is 29.5. The zero-order chi connectivity index (χ0) is 14.4. The summed E-state index contributed by atoms with van der Waals surface area (Å²) in [7, 11) is 0. The molecule has 2 saturated carbocycles. The fourth-order valence-electron chi connectivity index (χ4n) is 3.57. The van der Waals surface area contributed by atoms with E-state index in [1.165, 1.54) is 12.8 Å². The van der Waals surface area contributed by atoms with Crippen molar-refractivity contribution in [1.29, 1.82) is 0 Å². The maximum absolute atomic E-state index is 12.6. The highest BCUT2D eigenvalue weighted by Crippen LogP contribution is 2.50. The summed E-state index contributed by atoms with van der Waals surface area (Å²) in [6, 6.07) is 8.76. The minimum atomic E-state index is 0.164. The Morgan fingerprint density at radius 1 is 1.10 bits per heavy atom. The maximum atomic E-state index is 12.6. The summed E-state index contributed by atoms with van der Waals surface area (Å²) in [5.41, 5.74) is 1.15. The molecular formula is C17H21ClN2O. The number of hydrogen-bond donors (Lipinski definition) is 0. The highest BCUT2D eigenvalue weighted by atomic mass is 35.5. The smallest absolute Gasteiger partial charge is 0.226 e. The molecule has 0 N–H and O–H groups in total. The van der Waals surface area contributed by atoms with Gasteiger partial charge in [-0.05, 0) is 36.8 Å². The van der Waals surface area contributed by atoms with Gasteiger partial charge in [-0.25, -0.2) is 0 Å². The summed E-state index contributed by atoms with van der Waals surface area (Å²) in [4.78, 5) is 17.2. The number of carbonyl (C=O) groups excluding carboxylic acids is 1. The summed E-state index contributed by atoms with van der Waals surface area (Å²) in [5, 5.41) is 0.802. The first-order valence-corrected chi connectivity index (χ1v) is 8.39. The van der Waals surface area contributed by atoms with Crippen LogP contribution in [-0.4, -0.2) is 47.9 Å². The molecule has 1 amide bonds. The fraction of sp³-hybridized carbons (Fsp3) is 0.588. The molecule has 0 aromatic heterocycles. The Hall–Kier alpha value is -1.06. The van der Waals surface area contributed by atoms with E-state index in [2.05, 4.69) is 15.9 Å². The van der Waals surface area contributed by atoms with Gasteiger partial charge in [0.05, 0.1) is 0 Å². The van der Waals surface area contributed by atoms with E-state index in [1.807, 2.05) is 18.2 Å². The first-order chi connectivity index (χ1) is 10.2. The van der Waals surface area contributed by atoms with E-state index in [9.17, 15) is 4.79 Å². The maximum Gasteiger partial charge on any atom is 0.226 e. The van der Waals surface area contributed by atoms with Crippen molar-refractivity contribution in [3.05, 3.63) is 34.9 Å². The van der Waals surface area contributed by atoms with Gasteiger partial charge < -0.3 is 4.90 Å². The van der Waals surface area contributed by atoms with Crippen LogP contribution in [0, 0.1) is 5.92 Å². The standard InChI is InChI=1S/C17H21ClN2O/c18-16-4-2-1-3-13(16)14-11-15(14)17(21)20-9-7-19(8-10-20)12-5-6-12/h1-4,12,14-15H,5-11H2/t14-,15+/m1/s1. The molecule has 3 aliphatic rings. The van der Waals surface area contributed by atoms with E-state index < -0.39 is 0 Å². The summed E-state index contributed by atoms with van der Waals surface area (Å²) >= 11 is 6.24. The third-order valence-corrected chi connectivity index (χ3v) is 5.45. The highest BCUT2D eigenvalue weighted by Gasteiger charge is 2.47. The second kappa shape index (κ2) is 5.29. The number of hydrogen-bond acceptors (Lipinski definition) is 2. The summed E-state index contributed by atoms with van der Waals surface area (Å²) < 4.78 is 0. The van der Waals surface area contributed by atoms with Crippen LogP contribution in [0.1, 0.15) is 30.7 Å². The van der Waals surface area contributed by atoms with Crippen molar-refractivity contribution < 1.29 is 4.79 Å². The molecule has 112 valence electrons. The van der Waals surface area contributed by atoms with Gasteiger partial charge in [0.25, 0.3) is 0 Å².